The summed E-state index contributed by atoms with van der Waals surface area (Å²) in [6.07, 6.45) is -2.95. The average molecular weight is 846 g/mol. The maximum atomic E-state index is 13.5. The molecule has 1 aromatic heterocycles. The molecule has 1 aromatic carbocycles. The predicted molar refractivity (Wildman–Crippen MR) is 231 cm³/mol. The summed E-state index contributed by atoms with van der Waals surface area (Å²) in [7, 11) is 3.74. The van der Waals surface area contributed by atoms with Crippen LogP contribution < -0.4 is 10.6 Å². The highest BCUT2D eigenvalue weighted by Gasteiger charge is 2.50. The number of nitrogens with zero attached hydrogens (tertiary/aromatic N) is 3. The second-order valence-electron chi connectivity index (χ2n) is 18.2. The van der Waals surface area contributed by atoms with Crippen LogP contribution in [-0.2, 0) is 23.8 Å². The molecule has 7 N–H and O–H groups in total. The number of ether oxygens (including phenoxy) is 3. The van der Waals surface area contributed by atoms with Crippen LogP contribution in [0.4, 0.5) is 5.69 Å². The smallest absolute Gasteiger partial charge is 0.311 e. The maximum Gasteiger partial charge on any atom is 0.311 e. The number of pyridine rings is 1. The summed E-state index contributed by atoms with van der Waals surface area (Å²) < 4.78 is 18.6. The quantitative estimate of drug-likeness (QED) is 0.114. The third kappa shape index (κ3) is 12.6. The number of fused-ring (bicyclic) bond motifs is 1. The van der Waals surface area contributed by atoms with Gasteiger partial charge in [0.05, 0.1) is 35.3 Å². The van der Waals surface area contributed by atoms with Gasteiger partial charge in [-0.1, -0.05) is 39.0 Å². The summed E-state index contributed by atoms with van der Waals surface area (Å²) >= 11 is 0. The molecule has 2 saturated heterocycles. The number of aromatic nitrogens is 1. The van der Waals surface area contributed by atoms with Crippen molar-refractivity contribution in [2.75, 3.05) is 45.6 Å². The maximum absolute atomic E-state index is 13.5. The van der Waals surface area contributed by atoms with Crippen LogP contribution in [0.3, 0.4) is 0 Å². The molecule has 0 unspecified atom stereocenters. The Morgan fingerprint density at radius 1 is 1.03 bits per heavy atom. The van der Waals surface area contributed by atoms with Crippen LogP contribution in [0.2, 0.25) is 0 Å². The Bertz CT molecular complexity index is 1660. The minimum absolute atomic E-state index is 0.0259. The summed E-state index contributed by atoms with van der Waals surface area (Å²) in [5.41, 5.74) is -1.45. The van der Waals surface area contributed by atoms with Gasteiger partial charge in [-0.25, -0.2) is 0 Å². The molecular weight excluding hydrogens is 771 g/mol. The van der Waals surface area contributed by atoms with E-state index >= 15 is 0 Å². The van der Waals surface area contributed by atoms with Gasteiger partial charge in [0, 0.05) is 61.3 Å². The number of hydrogen-bond donors (Lipinski definition) is 7. The lowest BCUT2D eigenvalue weighted by molar-refractivity contribution is -0.299. The normalized spacial score (nSPS) is 36.6. The highest BCUT2D eigenvalue weighted by molar-refractivity contribution is 5.90. The molecule has 340 valence electrons. The Kier molecular flexibility index (Phi) is 18.1. The standard InChI is InChI=1S/C45H75N5O10/c1-11-36-45(8,57)40(54)31(6)50(10)26-27(2)25-44(7,56)41(29(4)38(52)30(5)42(55)59-36)60-43-39(53)35(24-28(3)58-43)49(9)23-15-21-48-37(51)18-14-20-46-34-19-22-47-33-17-13-12-16-32(33)34/h12-13,16-17,19,22,27-31,35-36,38-41,43,52-54,56-57H,11,14-15,18,20-21,23-26H2,1-10H3,(H,46,47)(H,48,51)/t27-,28-,29+,30-,31-,35+,36-,38+,39-,40-,41-,43+,44-,45-/m1/s1. The summed E-state index contributed by atoms with van der Waals surface area (Å²) in [6, 6.07) is 8.95. The molecule has 0 radical (unpaired) electrons. The molecule has 0 saturated carbocycles. The predicted octanol–water partition coefficient (Wildman–Crippen LogP) is 3.29. The Morgan fingerprint density at radius 3 is 2.43 bits per heavy atom. The highest BCUT2D eigenvalue weighted by atomic mass is 16.7. The van der Waals surface area contributed by atoms with E-state index in [2.05, 4.69) is 15.6 Å². The number of para-hydroxylation sites is 1. The van der Waals surface area contributed by atoms with Crippen molar-refractivity contribution >= 4 is 28.5 Å². The number of amides is 1. The molecule has 2 fully saturated rings. The van der Waals surface area contributed by atoms with Gasteiger partial charge in [-0.05, 0) is 105 Å². The number of carbonyl (C=O) groups is 2. The van der Waals surface area contributed by atoms with Crippen molar-refractivity contribution < 1.29 is 49.3 Å². The van der Waals surface area contributed by atoms with Crippen LogP contribution in [0.1, 0.15) is 93.9 Å². The lowest BCUT2D eigenvalue weighted by atomic mass is 9.78. The SMILES string of the molecule is CC[C@H]1OC(=O)[C@H](C)[C@@H](O)[C@H](C)[C@@H](O[C@@H]2O[C@H](C)C[C@H](N(C)CCCNC(=O)CCCNc3ccnc4ccccc34)[C@H]2O)[C@](C)(O)C[C@@H](C)CN(C)[C@H](C)[C@@H](O)[C@]1(C)O. The van der Waals surface area contributed by atoms with Crippen LogP contribution in [0.25, 0.3) is 10.9 Å². The Labute approximate surface area is 357 Å². The fourth-order valence-electron chi connectivity index (χ4n) is 9.19. The molecule has 14 atom stereocenters. The topological polar surface area (TPSA) is 206 Å². The van der Waals surface area contributed by atoms with Crippen molar-refractivity contribution in [3.63, 3.8) is 0 Å². The van der Waals surface area contributed by atoms with Crippen molar-refractivity contribution in [2.45, 2.75) is 160 Å². The number of carbonyl (C=O) groups excluding carboxylic acids is 2. The molecule has 3 heterocycles. The lowest BCUT2D eigenvalue weighted by Gasteiger charge is -2.47. The van der Waals surface area contributed by atoms with E-state index in [-0.39, 0.29) is 36.8 Å². The lowest BCUT2D eigenvalue weighted by Crippen LogP contribution is -2.59. The molecule has 15 nitrogen and oxygen atoms in total. The van der Waals surface area contributed by atoms with Crippen LogP contribution in [0, 0.1) is 17.8 Å². The van der Waals surface area contributed by atoms with Gasteiger partial charge in [0.15, 0.2) is 6.29 Å². The number of hydrogen-bond acceptors (Lipinski definition) is 14. The molecule has 0 aliphatic carbocycles. The van der Waals surface area contributed by atoms with E-state index < -0.39 is 71.9 Å². The van der Waals surface area contributed by atoms with Gasteiger partial charge < -0.3 is 60.2 Å². The van der Waals surface area contributed by atoms with Gasteiger partial charge in [-0.3, -0.25) is 14.6 Å². The van der Waals surface area contributed by atoms with E-state index in [0.717, 1.165) is 16.6 Å². The van der Waals surface area contributed by atoms with E-state index in [1.54, 1.807) is 33.9 Å². The first-order valence-corrected chi connectivity index (χ1v) is 21.9. The first-order chi connectivity index (χ1) is 28.2. The fraction of sp³-hybridized carbons (Fsp3) is 0.756. The second kappa shape index (κ2) is 21.9. The molecule has 15 heteroatoms. The molecule has 4 rings (SSSR count). The van der Waals surface area contributed by atoms with Gasteiger partial charge in [0.25, 0.3) is 0 Å². The van der Waals surface area contributed by atoms with Gasteiger partial charge in [-0.15, -0.1) is 0 Å². The molecule has 0 spiro atoms. The third-order valence-electron chi connectivity index (χ3n) is 12.9. The highest BCUT2D eigenvalue weighted by Crippen LogP contribution is 2.37. The van der Waals surface area contributed by atoms with E-state index in [1.165, 1.54) is 13.8 Å². The molecule has 60 heavy (non-hydrogen) atoms. The molecule has 0 bridgehead atoms. The van der Waals surface area contributed by atoms with E-state index in [4.69, 9.17) is 14.2 Å². The van der Waals surface area contributed by atoms with E-state index in [1.807, 2.05) is 68.1 Å². The van der Waals surface area contributed by atoms with Crippen LogP contribution in [0.5, 0.6) is 0 Å². The van der Waals surface area contributed by atoms with Gasteiger partial charge in [-0.2, -0.15) is 0 Å². The second-order valence-corrected chi connectivity index (χ2v) is 18.2. The average Bonchev–Trinajstić information content (AvgIpc) is 3.20. The van der Waals surface area contributed by atoms with E-state index in [0.29, 0.717) is 51.9 Å². The zero-order valence-electron chi connectivity index (χ0n) is 37.6. The largest absolute Gasteiger partial charge is 0.459 e. The molecule has 2 aliphatic rings. The zero-order chi connectivity index (χ0) is 44.5. The summed E-state index contributed by atoms with van der Waals surface area (Å²) in [5, 5.41) is 66.0. The number of cyclic esters (lactones) is 1. The summed E-state index contributed by atoms with van der Waals surface area (Å²) in [4.78, 5) is 34.5. The number of anilines is 1. The third-order valence-corrected chi connectivity index (χ3v) is 12.9. The van der Waals surface area contributed by atoms with Crippen molar-refractivity contribution in [1.29, 1.82) is 0 Å². The number of aliphatic hydroxyl groups is 5. The zero-order valence-corrected chi connectivity index (χ0v) is 37.6. The number of likely N-dealkylation sites (N-methyl/N-ethyl adjacent to an activating group) is 2. The fourth-order valence-corrected chi connectivity index (χ4v) is 9.19. The van der Waals surface area contributed by atoms with Crippen molar-refractivity contribution in [1.82, 2.24) is 20.1 Å². The van der Waals surface area contributed by atoms with Crippen LogP contribution in [-0.4, -0.2) is 159 Å². The molecule has 1 amide bonds. The van der Waals surface area contributed by atoms with Gasteiger partial charge in [0.1, 0.15) is 23.9 Å². The Balaban J connectivity index is 1.38. The van der Waals surface area contributed by atoms with Gasteiger partial charge in [0.2, 0.25) is 5.91 Å². The number of aliphatic hydroxyl groups excluding tert-OH is 3. The molecular formula is C45H75N5O10. The summed E-state index contributed by atoms with van der Waals surface area (Å²) in [6.45, 7) is 15.8. The van der Waals surface area contributed by atoms with Crippen molar-refractivity contribution in [3.05, 3.63) is 36.5 Å². The Hall–Kier alpha value is -2.99. The Morgan fingerprint density at radius 2 is 1.73 bits per heavy atom. The van der Waals surface area contributed by atoms with Crippen LogP contribution in [0.15, 0.2) is 36.5 Å². The molecule has 2 aromatic rings. The number of benzene rings is 1. The minimum Gasteiger partial charge on any atom is -0.459 e. The number of rotatable bonds is 13. The first kappa shape index (κ1) is 49.7. The van der Waals surface area contributed by atoms with Crippen molar-refractivity contribution in [3.8, 4) is 0 Å². The molecule has 2 aliphatic heterocycles. The van der Waals surface area contributed by atoms with Gasteiger partial charge >= 0.3 is 5.97 Å². The summed E-state index contributed by atoms with van der Waals surface area (Å²) in [5.74, 6) is -2.87. The van der Waals surface area contributed by atoms with E-state index in [9.17, 15) is 35.1 Å². The van der Waals surface area contributed by atoms with Crippen molar-refractivity contribution in [2.24, 2.45) is 17.8 Å². The van der Waals surface area contributed by atoms with Crippen LogP contribution >= 0.6 is 0 Å². The monoisotopic (exact) mass is 846 g/mol. The number of nitrogens with one attached hydrogen (secondary N) is 2. The minimum atomic E-state index is -1.78. The number of esters is 1. The first-order valence-electron chi connectivity index (χ1n) is 21.9.